The molecular weight excluding hydrogens is 839 g/mol. The third-order valence-electron chi connectivity index (χ3n) is 13.6. The van der Waals surface area contributed by atoms with Crippen LogP contribution in [0.15, 0.2) is 261 Å². The maximum atomic E-state index is 2.45. The molecule has 0 aliphatic rings. The number of benzene rings is 12. The minimum absolute atomic E-state index is 1.09. The van der Waals surface area contributed by atoms with E-state index < -0.39 is 0 Å². The van der Waals surface area contributed by atoms with Gasteiger partial charge in [0.1, 0.15) is 0 Å². The van der Waals surface area contributed by atoms with E-state index in [1.54, 1.807) is 0 Å². The molecule has 13 aromatic rings. The second-order valence-electron chi connectivity index (χ2n) is 17.6. The van der Waals surface area contributed by atoms with Gasteiger partial charge in [0.2, 0.25) is 0 Å². The number of fused-ring (bicyclic) bond motifs is 7. The number of para-hydroxylation sites is 1. The third kappa shape index (κ3) is 6.85. The number of hydrogen-bond acceptors (Lipinski definition) is 2. The summed E-state index contributed by atoms with van der Waals surface area (Å²) < 4.78 is 2.64. The predicted molar refractivity (Wildman–Crippen MR) is 294 cm³/mol. The second kappa shape index (κ2) is 16.7. The molecule has 1 heterocycles. The van der Waals surface area contributed by atoms with Gasteiger partial charge in [-0.1, -0.05) is 212 Å². The van der Waals surface area contributed by atoms with Crippen molar-refractivity contribution in [2.75, 3.05) is 4.90 Å². The highest BCUT2D eigenvalue weighted by Gasteiger charge is 2.22. The zero-order valence-corrected chi connectivity index (χ0v) is 38.0. The van der Waals surface area contributed by atoms with Gasteiger partial charge in [-0.05, 0) is 131 Å². The molecule has 1 nitrogen and oxygen atoms in total. The van der Waals surface area contributed by atoms with Crippen molar-refractivity contribution < 1.29 is 0 Å². The Labute approximate surface area is 400 Å². The Bertz CT molecular complexity index is 4000. The maximum Gasteiger partial charge on any atom is 0.0540 e. The van der Waals surface area contributed by atoms with Gasteiger partial charge < -0.3 is 4.90 Å². The quantitative estimate of drug-likeness (QED) is 0.137. The molecule has 13 rings (SSSR count). The molecule has 0 atom stereocenters. The number of nitrogens with zero attached hydrogens (tertiary/aromatic N) is 1. The van der Waals surface area contributed by atoms with E-state index in [0.29, 0.717) is 0 Å². The molecule has 0 saturated carbocycles. The van der Waals surface area contributed by atoms with E-state index in [0.717, 1.165) is 28.2 Å². The fourth-order valence-electron chi connectivity index (χ4n) is 10.5. The standard InChI is InChI=1S/C66H43NS/c1-4-17-44(18-5-1)48-31-32-50-42-53(39-35-49(50)41-48)67(52-37-33-45(34-38-52)55-27-16-28-60-58-25-13-15-30-63(58)68-66(55)60)62-29-14-12-23-54(62)51-36-40-57-56-24-10-11-26-59(56)64(46-19-6-2-7-20-46)65(61(57)43-51)47-21-8-3-9-22-47/h1-43H. The van der Waals surface area contributed by atoms with Crippen LogP contribution in [0.25, 0.3) is 108 Å². The molecule has 318 valence electrons. The average Bonchev–Trinajstić information content (AvgIpc) is 3.80. The minimum atomic E-state index is 1.09. The van der Waals surface area contributed by atoms with Gasteiger partial charge in [0.15, 0.2) is 0 Å². The minimum Gasteiger partial charge on any atom is -0.310 e. The van der Waals surface area contributed by atoms with Crippen LogP contribution in [0.2, 0.25) is 0 Å². The Morgan fingerprint density at radius 2 is 0.794 bits per heavy atom. The van der Waals surface area contributed by atoms with Crippen molar-refractivity contribution >= 4 is 80.9 Å². The first-order valence-corrected chi connectivity index (χ1v) is 24.1. The van der Waals surface area contributed by atoms with Crippen molar-refractivity contribution in [3.63, 3.8) is 0 Å². The summed E-state index contributed by atoms with van der Waals surface area (Å²) in [5.41, 5.74) is 15.4. The summed E-state index contributed by atoms with van der Waals surface area (Å²) in [4.78, 5) is 2.45. The summed E-state index contributed by atoms with van der Waals surface area (Å²) in [6, 6.07) is 95.8. The van der Waals surface area contributed by atoms with Gasteiger partial charge in [-0.15, -0.1) is 11.3 Å². The van der Waals surface area contributed by atoms with Crippen LogP contribution in [-0.2, 0) is 0 Å². The molecule has 0 unspecified atom stereocenters. The first kappa shape index (κ1) is 39.8. The molecule has 0 bridgehead atoms. The van der Waals surface area contributed by atoms with E-state index in [2.05, 4.69) is 266 Å². The zero-order chi connectivity index (χ0) is 45.0. The summed E-state index contributed by atoms with van der Waals surface area (Å²) in [5, 5.41) is 10.00. The smallest absolute Gasteiger partial charge is 0.0540 e. The van der Waals surface area contributed by atoms with Crippen molar-refractivity contribution in [3.8, 4) is 55.6 Å². The fourth-order valence-corrected chi connectivity index (χ4v) is 11.7. The molecule has 0 N–H and O–H groups in total. The van der Waals surface area contributed by atoms with E-state index in [1.165, 1.54) is 97.0 Å². The van der Waals surface area contributed by atoms with Crippen molar-refractivity contribution in [2.24, 2.45) is 0 Å². The lowest BCUT2D eigenvalue weighted by atomic mass is 9.84. The lowest BCUT2D eigenvalue weighted by Crippen LogP contribution is -2.11. The normalized spacial score (nSPS) is 11.5. The predicted octanol–water partition coefficient (Wildman–Crippen LogP) is 19.3. The summed E-state index contributed by atoms with van der Waals surface area (Å²) in [5.74, 6) is 0. The molecule has 68 heavy (non-hydrogen) atoms. The van der Waals surface area contributed by atoms with Gasteiger partial charge in [-0.3, -0.25) is 0 Å². The monoisotopic (exact) mass is 881 g/mol. The molecule has 12 aromatic carbocycles. The SMILES string of the molecule is c1ccc(-c2ccc3cc(N(c4ccc(-c5cccc6c5sc5ccccc56)cc4)c4ccccc4-c4ccc5c(c4)c(-c4ccccc4)c(-c4ccccc4)c4ccccc45)ccc3c2)cc1. The van der Waals surface area contributed by atoms with Crippen LogP contribution in [0.5, 0.6) is 0 Å². The summed E-state index contributed by atoms with van der Waals surface area (Å²) in [6.07, 6.45) is 0. The Kier molecular flexibility index (Phi) is 9.77. The first-order valence-electron chi connectivity index (χ1n) is 23.3. The van der Waals surface area contributed by atoms with E-state index in [1.807, 2.05) is 11.3 Å². The van der Waals surface area contributed by atoms with E-state index in [9.17, 15) is 0 Å². The van der Waals surface area contributed by atoms with Crippen molar-refractivity contribution in [3.05, 3.63) is 261 Å². The van der Waals surface area contributed by atoms with E-state index in [-0.39, 0.29) is 0 Å². The molecule has 1 aromatic heterocycles. The molecule has 2 heteroatoms. The number of anilines is 3. The number of rotatable bonds is 8. The lowest BCUT2D eigenvalue weighted by Gasteiger charge is -2.28. The van der Waals surface area contributed by atoms with Crippen LogP contribution >= 0.6 is 11.3 Å². The van der Waals surface area contributed by atoms with Gasteiger partial charge in [0, 0.05) is 37.1 Å². The first-order chi connectivity index (χ1) is 33.7. The maximum absolute atomic E-state index is 2.45. The molecule has 0 aliphatic carbocycles. The van der Waals surface area contributed by atoms with Crippen LogP contribution in [0.1, 0.15) is 0 Å². The molecule has 0 aliphatic heterocycles. The highest BCUT2D eigenvalue weighted by atomic mass is 32.1. The van der Waals surface area contributed by atoms with E-state index in [4.69, 9.17) is 0 Å². The summed E-state index contributed by atoms with van der Waals surface area (Å²) in [7, 11) is 0. The molecule has 0 saturated heterocycles. The van der Waals surface area contributed by atoms with Crippen LogP contribution < -0.4 is 4.90 Å². The molecule has 0 spiro atoms. The zero-order valence-electron chi connectivity index (χ0n) is 37.2. The van der Waals surface area contributed by atoms with Gasteiger partial charge >= 0.3 is 0 Å². The Balaban J connectivity index is 1.01. The van der Waals surface area contributed by atoms with Gasteiger partial charge in [0.05, 0.1) is 5.69 Å². The topological polar surface area (TPSA) is 3.24 Å². The summed E-state index contributed by atoms with van der Waals surface area (Å²) in [6.45, 7) is 0. The van der Waals surface area contributed by atoms with Crippen LogP contribution in [0.3, 0.4) is 0 Å². The number of hydrogen-bond donors (Lipinski definition) is 0. The molecule has 0 fully saturated rings. The number of thiophene rings is 1. The van der Waals surface area contributed by atoms with Crippen molar-refractivity contribution in [1.82, 2.24) is 0 Å². The fraction of sp³-hybridized carbons (Fsp3) is 0. The van der Waals surface area contributed by atoms with Crippen molar-refractivity contribution in [1.29, 1.82) is 0 Å². The lowest BCUT2D eigenvalue weighted by molar-refractivity contribution is 1.29. The Morgan fingerprint density at radius 1 is 0.265 bits per heavy atom. The highest BCUT2D eigenvalue weighted by molar-refractivity contribution is 7.26. The molecular formula is C66H43NS. The highest BCUT2D eigenvalue weighted by Crippen LogP contribution is 2.48. The van der Waals surface area contributed by atoms with Gasteiger partial charge in [-0.2, -0.15) is 0 Å². The third-order valence-corrected chi connectivity index (χ3v) is 14.9. The largest absolute Gasteiger partial charge is 0.310 e. The molecule has 0 radical (unpaired) electrons. The summed E-state index contributed by atoms with van der Waals surface area (Å²) >= 11 is 1.88. The van der Waals surface area contributed by atoms with E-state index >= 15 is 0 Å². The van der Waals surface area contributed by atoms with Crippen molar-refractivity contribution in [2.45, 2.75) is 0 Å². The molecule has 0 amide bonds. The van der Waals surface area contributed by atoms with Crippen LogP contribution in [0, 0.1) is 0 Å². The average molecular weight is 882 g/mol. The second-order valence-corrected chi connectivity index (χ2v) is 18.6. The Hall–Kier alpha value is -8.56. The van der Waals surface area contributed by atoms with Gasteiger partial charge in [-0.25, -0.2) is 0 Å². The Morgan fingerprint density at radius 3 is 1.56 bits per heavy atom. The van der Waals surface area contributed by atoms with Gasteiger partial charge in [0.25, 0.3) is 0 Å². The van der Waals surface area contributed by atoms with Crippen LogP contribution in [0.4, 0.5) is 17.1 Å². The van der Waals surface area contributed by atoms with Crippen LogP contribution in [-0.4, -0.2) is 0 Å².